The fourth-order valence-corrected chi connectivity index (χ4v) is 3.08. The highest BCUT2D eigenvalue weighted by atomic mass is 19.1. The molecule has 21 heavy (non-hydrogen) atoms. The Bertz CT molecular complexity index is 478. The fourth-order valence-electron chi connectivity index (χ4n) is 3.08. The topological polar surface area (TPSA) is 29.1 Å². The number of hydrogen-bond donors (Lipinski definition) is 1. The third-order valence-corrected chi connectivity index (χ3v) is 4.84. The maximum absolute atomic E-state index is 13.3. The quantitative estimate of drug-likeness (QED) is 0.798. The number of benzene rings is 1. The van der Waals surface area contributed by atoms with Crippen LogP contribution in [0.15, 0.2) is 12.1 Å². The molecule has 3 nitrogen and oxygen atoms in total. The number of anilines is 1. The molecule has 0 saturated heterocycles. The lowest BCUT2D eigenvalue weighted by atomic mass is 10.1. The summed E-state index contributed by atoms with van der Waals surface area (Å²) in [6.07, 6.45) is 0. The van der Waals surface area contributed by atoms with E-state index in [9.17, 15) is 9.18 Å². The average Bonchev–Trinajstić information content (AvgIpc) is 2.44. The van der Waals surface area contributed by atoms with Crippen LogP contribution in [0, 0.1) is 19.7 Å². The highest BCUT2D eigenvalue weighted by molar-refractivity contribution is 5.95. The van der Waals surface area contributed by atoms with Crippen LogP contribution in [-0.4, -0.2) is 36.1 Å². The van der Waals surface area contributed by atoms with Crippen molar-refractivity contribution in [3.05, 3.63) is 29.1 Å². The third-order valence-electron chi connectivity index (χ3n) is 4.84. The van der Waals surface area contributed by atoms with Gasteiger partial charge in [-0.15, -0.1) is 0 Å². The molecule has 0 aromatic heterocycles. The Morgan fingerprint density at radius 2 is 1.57 bits per heavy atom. The molecule has 0 aliphatic carbocycles. The third kappa shape index (κ3) is 3.62. The zero-order valence-electron chi connectivity index (χ0n) is 14.1. The van der Waals surface area contributed by atoms with Crippen LogP contribution in [0.4, 0.5) is 10.1 Å². The molecule has 118 valence electrons. The van der Waals surface area contributed by atoms with E-state index in [2.05, 4.69) is 26.1 Å². The van der Waals surface area contributed by atoms with Crippen LogP contribution >= 0.6 is 0 Å². The molecule has 1 N–H and O–H groups in total. The molecule has 0 heterocycles. The number of likely N-dealkylation sites (N-methyl/N-ethyl adjacent to an activating group) is 1. The Morgan fingerprint density at radius 3 is 1.95 bits per heavy atom. The van der Waals surface area contributed by atoms with Gasteiger partial charge in [-0.1, -0.05) is 0 Å². The number of carbonyl (C=O) groups is 1. The van der Waals surface area contributed by atoms with Crippen LogP contribution in [0.3, 0.4) is 0 Å². The number of carbonyl (C=O) groups excluding carboxylic acids is 1. The summed E-state index contributed by atoms with van der Waals surface area (Å²) in [7, 11) is 0. The van der Waals surface area contributed by atoms with Gasteiger partial charge >= 0.3 is 0 Å². The molecule has 1 unspecified atom stereocenters. The van der Waals surface area contributed by atoms with Gasteiger partial charge in [0.25, 0.3) is 5.91 Å². The number of amides is 1. The van der Waals surface area contributed by atoms with Crippen LogP contribution < -0.4 is 5.32 Å². The highest BCUT2D eigenvalue weighted by Gasteiger charge is 2.34. The first-order valence-corrected chi connectivity index (χ1v) is 7.74. The molecule has 0 aliphatic rings. The monoisotopic (exact) mass is 295 g/mol. The minimum absolute atomic E-state index is 0.00152. The van der Waals surface area contributed by atoms with Crippen molar-refractivity contribution in [2.24, 2.45) is 0 Å². The molecule has 0 bridgehead atoms. The number of aryl methyl sites for hydroxylation is 2. The molecule has 0 fully saturated rings. The van der Waals surface area contributed by atoms with E-state index >= 15 is 0 Å². The summed E-state index contributed by atoms with van der Waals surface area (Å²) >= 11 is 0. The second-order valence-electron chi connectivity index (χ2n) is 5.75. The number of quaternary nitrogens is 1. The fraction of sp³-hybridized carbons (Fsp3) is 0.588. The first kappa shape index (κ1) is 17.6. The minimum atomic E-state index is -0.267. The molecule has 0 spiro atoms. The van der Waals surface area contributed by atoms with Crippen molar-refractivity contribution in [3.8, 4) is 0 Å². The lowest BCUT2D eigenvalue weighted by Crippen LogP contribution is -2.58. The predicted octanol–water partition coefficient (Wildman–Crippen LogP) is 3.65. The second kappa shape index (κ2) is 7.03. The molecular formula is C17H28FN2O+. The van der Waals surface area contributed by atoms with E-state index < -0.39 is 0 Å². The van der Waals surface area contributed by atoms with Gasteiger partial charge in [-0.2, -0.15) is 0 Å². The molecule has 0 saturated carbocycles. The summed E-state index contributed by atoms with van der Waals surface area (Å²) in [4.78, 5) is 12.6. The van der Waals surface area contributed by atoms with Crippen molar-refractivity contribution in [1.29, 1.82) is 0 Å². The molecule has 1 aromatic carbocycles. The number of halogens is 1. The van der Waals surface area contributed by atoms with Gasteiger partial charge in [0.05, 0.1) is 19.6 Å². The number of rotatable bonds is 6. The van der Waals surface area contributed by atoms with Gasteiger partial charge in [-0.3, -0.25) is 4.79 Å². The van der Waals surface area contributed by atoms with Crippen molar-refractivity contribution in [2.75, 3.05) is 25.0 Å². The van der Waals surface area contributed by atoms with E-state index in [1.165, 1.54) is 12.1 Å². The highest BCUT2D eigenvalue weighted by Crippen LogP contribution is 2.23. The summed E-state index contributed by atoms with van der Waals surface area (Å²) < 4.78 is 14.1. The largest absolute Gasteiger partial charge is 0.320 e. The molecule has 1 amide bonds. The molecule has 1 aromatic rings. The predicted molar refractivity (Wildman–Crippen MR) is 85.8 cm³/mol. The molecular weight excluding hydrogens is 267 g/mol. The van der Waals surface area contributed by atoms with E-state index in [1.54, 1.807) is 0 Å². The van der Waals surface area contributed by atoms with E-state index in [-0.39, 0.29) is 17.8 Å². The summed E-state index contributed by atoms with van der Waals surface area (Å²) in [6, 6.07) is 2.78. The number of nitrogens with one attached hydrogen (secondary N) is 1. The Morgan fingerprint density at radius 1 is 1.14 bits per heavy atom. The van der Waals surface area contributed by atoms with Gasteiger partial charge in [0.15, 0.2) is 6.04 Å². The van der Waals surface area contributed by atoms with Crippen LogP contribution in [0.25, 0.3) is 0 Å². The summed E-state index contributed by atoms with van der Waals surface area (Å²) in [5.74, 6) is -0.268. The van der Waals surface area contributed by atoms with E-state index in [4.69, 9.17) is 0 Å². The van der Waals surface area contributed by atoms with Crippen molar-refractivity contribution < 1.29 is 13.7 Å². The molecule has 1 rings (SSSR count). The maximum atomic E-state index is 13.3. The van der Waals surface area contributed by atoms with Crippen molar-refractivity contribution in [1.82, 2.24) is 0 Å². The second-order valence-corrected chi connectivity index (χ2v) is 5.75. The summed E-state index contributed by atoms with van der Waals surface area (Å²) in [5, 5.41) is 2.99. The van der Waals surface area contributed by atoms with Gasteiger partial charge < -0.3 is 9.80 Å². The Balaban J connectivity index is 3.01. The zero-order valence-corrected chi connectivity index (χ0v) is 14.1. The smallest absolute Gasteiger partial charge is 0.282 e. The first-order valence-electron chi connectivity index (χ1n) is 7.74. The first-order chi connectivity index (χ1) is 9.81. The van der Waals surface area contributed by atoms with Crippen molar-refractivity contribution in [2.45, 2.75) is 47.6 Å². The van der Waals surface area contributed by atoms with E-state index in [0.717, 1.165) is 40.9 Å². The standard InChI is InChI=1S/C17H27FN2O/c1-7-20(8-2,9-3)14(6)17(21)19-16-12(4)10-15(18)11-13(16)5/h10-11,14H,7-9H2,1-6H3/p+1. The summed E-state index contributed by atoms with van der Waals surface area (Å²) in [6.45, 7) is 14.7. The average molecular weight is 295 g/mol. The minimum Gasteiger partial charge on any atom is -0.320 e. The Hall–Kier alpha value is -1.42. The Labute approximate surface area is 127 Å². The van der Waals surface area contributed by atoms with Crippen LogP contribution in [0.5, 0.6) is 0 Å². The van der Waals surface area contributed by atoms with Crippen LogP contribution in [-0.2, 0) is 4.79 Å². The summed E-state index contributed by atoms with van der Waals surface area (Å²) in [5.41, 5.74) is 2.25. The lowest BCUT2D eigenvalue weighted by molar-refractivity contribution is -0.936. The van der Waals surface area contributed by atoms with Crippen LogP contribution in [0.1, 0.15) is 38.8 Å². The molecule has 0 aliphatic heterocycles. The van der Waals surface area contributed by atoms with E-state index in [0.29, 0.717) is 0 Å². The SMILES string of the molecule is CC[N+](CC)(CC)C(C)C(=O)Nc1c(C)cc(F)cc1C. The van der Waals surface area contributed by atoms with Crippen molar-refractivity contribution >= 4 is 11.6 Å². The number of hydrogen-bond acceptors (Lipinski definition) is 1. The zero-order chi connectivity index (χ0) is 16.2. The molecule has 1 atom stereocenters. The van der Waals surface area contributed by atoms with Crippen molar-refractivity contribution in [3.63, 3.8) is 0 Å². The Kier molecular flexibility index (Phi) is 5.90. The van der Waals surface area contributed by atoms with Crippen LogP contribution in [0.2, 0.25) is 0 Å². The molecule has 4 heteroatoms. The van der Waals surface area contributed by atoms with Gasteiger partial charge in [0.1, 0.15) is 5.82 Å². The van der Waals surface area contributed by atoms with E-state index in [1.807, 2.05) is 20.8 Å². The van der Waals surface area contributed by atoms with Gasteiger partial charge in [0, 0.05) is 5.69 Å². The maximum Gasteiger partial charge on any atom is 0.282 e. The number of nitrogens with zero attached hydrogens (tertiary/aromatic N) is 1. The van der Waals surface area contributed by atoms with Gasteiger partial charge in [-0.25, -0.2) is 4.39 Å². The normalized spacial score (nSPS) is 13.1. The molecule has 0 radical (unpaired) electrons. The van der Waals surface area contributed by atoms with Gasteiger partial charge in [0.2, 0.25) is 0 Å². The lowest BCUT2D eigenvalue weighted by Gasteiger charge is -2.40. The van der Waals surface area contributed by atoms with Gasteiger partial charge in [-0.05, 0) is 64.8 Å².